The molecule has 2 rings (SSSR count). The van der Waals surface area contributed by atoms with Gasteiger partial charge in [0.15, 0.2) is 0 Å². The van der Waals surface area contributed by atoms with Gasteiger partial charge in [-0.25, -0.2) is 4.99 Å². The van der Waals surface area contributed by atoms with Gasteiger partial charge in [0.1, 0.15) is 0 Å². The lowest BCUT2D eigenvalue weighted by molar-refractivity contribution is 1.46. The van der Waals surface area contributed by atoms with Crippen LogP contribution in [-0.4, -0.2) is 5.84 Å². The fraction of sp³-hybridized carbons (Fsp3) is 0.0769. The van der Waals surface area contributed by atoms with Gasteiger partial charge >= 0.3 is 0 Å². The predicted octanol–water partition coefficient (Wildman–Crippen LogP) is 2.72. The first-order chi connectivity index (χ1) is 7.72. The van der Waals surface area contributed by atoms with Crippen molar-refractivity contribution in [2.24, 2.45) is 10.7 Å². The Labute approximate surface area is 93.8 Å². The fourth-order valence-corrected chi connectivity index (χ4v) is 1.67. The van der Waals surface area contributed by atoms with Gasteiger partial charge in [-0.05, 0) is 19.1 Å². The third-order valence-electron chi connectivity index (χ3n) is 2.32. The Balaban J connectivity index is 2.81. The summed E-state index contributed by atoms with van der Waals surface area (Å²) in [5, 5.41) is 10.9. The van der Waals surface area contributed by atoms with Gasteiger partial charge in [-0.2, -0.15) is 5.26 Å². The van der Waals surface area contributed by atoms with E-state index in [2.05, 4.69) is 11.1 Å². The monoisotopic (exact) mass is 209 g/mol. The third kappa shape index (κ3) is 1.73. The quantitative estimate of drug-likeness (QED) is 0.579. The zero-order chi connectivity index (χ0) is 11.5. The predicted molar refractivity (Wildman–Crippen MR) is 65.6 cm³/mol. The van der Waals surface area contributed by atoms with Crippen LogP contribution < -0.4 is 5.73 Å². The van der Waals surface area contributed by atoms with Gasteiger partial charge in [0.2, 0.25) is 0 Å². The third-order valence-corrected chi connectivity index (χ3v) is 2.32. The van der Waals surface area contributed by atoms with Crippen LogP contribution in [0.1, 0.15) is 12.5 Å². The van der Waals surface area contributed by atoms with Crippen molar-refractivity contribution in [2.45, 2.75) is 6.92 Å². The van der Waals surface area contributed by atoms with E-state index in [-0.39, 0.29) is 0 Å². The van der Waals surface area contributed by atoms with Crippen LogP contribution in [0, 0.1) is 11.3 Å². The Bertz CT molecular complexity index is 602. The van der Waals surface area contributed by atoms with Gasteiger partial charge in [0.25, 0.3) is 0 Å². The minimum absolute atomic E-state index is 0.509. The number of hydrogen-bond donors (Lipinski definition) is 1. The van der Waals surface area contributed by atoms with Crippen LogP contribution in [0.2, 0.25) is 0 Å². The van der Waals surface area contributed by atoms with Crippen molar-refractivity contribution in [2.75, 3.05) is 0 Å². The number of amidine groups is 1. The molecule has 0 radical (unpaired) electrons. The summed E-state index contributed by atoms with van der Waals surface area (Å²) >= 11 is 0. The van der Waals surface area contributed by atoms with E-state index >= 15 is 0 Å². The van der Waals surface area contributed by atoms with Gasteiger partial charge in [-0.15, -0.1) is 0 Å². The molecule has 0 aliphatic heterocycles. The van der Waals surface area contributed by atoms with Crippen LogP contribution >= 0.6 is 0 Å². The van der Waals surface area contributed by atoms with Gasteiger partial charge in [0.05, 0.1) is 23.2 Å². The molecule has 0 saturated heterocycles. The lowest BCUT2D eigenvalue weighted by Gasteiger charge is -2.03. The van der Waals surface area contributed by atoms with Crippen LogP contribution in [0.5, 0.6) is 0 Å². The summed E-state index contributed by atoms with van der Waals surface area (Å²) in [5.74, 6) is 0.509. The first-order valence-electron chi connectivity index (χ1n) is 4.95. The minimum atomic E-state index is 0.509. The summed E-state index contributed by atoms with van der Waals surface area (Å²) in [6, 6.07) is 13.4. The second-order valence-corrected chi connectivity index (χ2v) is 3.54. The smallest absolute Gasteiger partial charge is 0.0998 e. The minimum Gasteiger partial charge on any atom is -0.387 e. The first kappa shape index (κ1) is 10.2. The number of hydrogen-bond acceptors (Lipinski definition) is 2. The van der Waals surface area contributed by atoms with Crippen LogP contribution in [-0.2, 0) is 0 Å². The average Bonchev–Trinajstić information content (AvgIpc) is 2.29. The molecule has 0 atom stereocenters. The van der Waals surface area contributed by atoms with Gasteiger partial charge in [0, 0.05) is 10.8 Å². The van der Waals surface area contributed by atoms with Crippen molar-refractivity contribution in [1.29, 1.82) is 5.26 Å². The Morgan fingerprint density at radius 2 is 1.88 bits per heavy atom. The highest BCUT2D eigenvalue weighted by atomic mass is 14.8. The molecule has 0 fully saturated rings. The molecule has 0 heterocycles. The first-order valence-corrected chi connectivity index (χ1v) is 4.95. The van der Waals surface area contributed by atoms with E-state index in [1.807, 2.05) is 30.3 Å². The summed E-state index contributed by atoms with van der Waals surface area (Å²) in [5.41, 5.74) is 7.03. The molecule has 0 aliphatic carbocycles. The highest BCUT2D eigenvalue weighted by Gasteiger charge is 2.03. The molecule has 0 unspecified atom stereocenters. The molecule has 2 N–H and O–H groups in total. The molecule has 2 aromatic carbocycles. The SMILES string of the molecule is CC(N)=Nc1ccc(C#N)c2ccccc12. The summed E-state index contributed by atoms with van der Waals surface area (Å²) in [7, 11) is 0. The van der Waals surface area contributed by atoms with E-state index in [9.17, 15) is 0 Å². The standard InChI is InChI=1S/C13H11N3/c1-9(15)16-13-7-6-10(8-14)11-4-2-3-5-12(11)13/h2-7H,1H3,(H2,15,16). The van der Waals surface area contributed by atoms with E-state index in [1.54, 1.807) is 13.0 Å². The Hall–Kier alpha value is -2.34. The van der Waals surface area contributed by atoms with E-state index in [0.29, 0.717) is 11.4 Å². The lowest BCUT2D eigenvalue weighted by Crippen LogP contribution is -2.03. The molecule has 0 bridgehead atoms. The fourth-order valence-electron chi connectivity index (χ4n) is 1.67. The second kappa shape index (κ2) is 4.03. The molecule has 78 valence electrons. The van der Waals surface area contributed by atoms with Crippen molar-refractivity contribution in [3.63, 3.8) is 0 Å². The summed E-state index contributed by atoms with van der Waals surface area (Å²) < 4.78 is 0. The normalized spacial score (nSPS) is 11.4. The maximum absolute atomic E-state index is 9.00. The summed E-state index contributed by atoms with van der Waals surface area (Å²) in [6.45, 7) is 1.74. The molecule has 0 amide bonds. The van der Waals surface area contributed by atoms with Gasteiger partial charge in [-0.1, -0.05) is 24.3 Å². The van der Waals surface area contributed by atoms with E-state index in [0.717, 1.165) is 16.5 Å². The topological polar surface area (TPSA) is 62.2 Å². The van der Waals surface area contributed by atoms with E-state index in [1.165, 1.54) is 0 Å². The maximum atomic E-state index is 9.00. The van der Waals surface area contributed by atoms with Crippen LogP contribution in [0.4, 0.5) is 5.69 Å². The Morgan fingerprint density at radius 1 is 1.19 bits per heavy atom. The molecule has 2 aromatic rings. The summed E-state index contributed by atoms with van der Waals surface area (Å²) in [6.07, 6.45) is 0. The largest absolute Gasteiger partial charge is 0.387 e. The highest BCUT2D eigenvalue weighted by molar-refractivity contribution is 5.98. The second-order valence-electron chi connectivity index (χ2n) is 3.54. The van der Waals surface area contributed by atoms with Crippen LogP contribution in [0.25, 0.3) is 10.8 Å². The Morgan fingerprint density at radius 3 is 2.50 bits per heavy atom. The average molecular weight is 209 g/mol. The zero-order valence-corrected chi connectivity index (χ0v) is 8.94. The molecule has 0 aliphatic rings. The van der Waals surface area contributed by atoms with Crippen molar-refractivity contribution in [3.8, 4) is 6.07 Å². The van der Waals surface area contributed by atoms with Crippen molar-refractivity contribution < 1.29 is 0 Å². The lowest BCUT2D eigenvalue weighted by atomic mass is 10.0. The molecule has 16 heavy (non-hydrogen) atoms. The Kier molecular flexibility index (Phi) is 2.57. The van der Waals surface area contributed by atoms with E-state index < -0.39 is 0 Å². The molecule has 0 aromatic heterocycles. The summed E-state index contributed by atoms with van der Waals surface area (Å²) in [4.78, 5) is 4.25. The molecular formula is C13H11N3. The number of fused-ring (bicyclic) bond motifs is 1. The number of benzene rings is 2. The number of nitrogens with zero attached hydrogens (tertiary/aromatic N) is 2. The van der Waals surface area contributed by atoms with Crippen molar-refractivity contribution >= 4 is 22.3 Å². The number of aliphatic imine (C=N–C) groups is 1. The molecule has 3 heteroatoms. The van der Waals surface area contributed by atoms with Crippen molar-refractivity contribution in [3.05, 3.63) is 42.0 Å². The van der Waals surface area contributed by atoms with Crippen LogP contribution in [0.3, 0.4) is 0 Å². The van der Waals surface area contributed by atoms with Gasteiger partial charge in [-0.3, -0.25) is 0 Å². The molecule has 0 saturated carbocycles. The van der Waals surface area contributed by atoms with Crippen LogP contribution in [0.15, 0.2) is 41.4 Å². The molecule has 3 nitrogen and oxygen atoms in total. The molecule has 0 spiro atoms. The van der Waals surface area contributed by atoms with Gasteiger partial charge < -0.3 is 5.73 Å². The zero-order valence-electron chi connectivity index (χ0n) is 8.94. The van der Waals surface area contributed by atoms with Crippen molar-refractivity contribution in [1.82, 2.24) is 0 Å². The number of nitriles is 1. The number of nitrogens with two attached hydrogens (primary N) is 1. The highest BCUT2D eigenvalue weighted by Crippen LogP contribution is 2.28. The van der Waals surface area contributed by atoms with E-state index in [4.69, 9.17) is 11.0 Å². The number of rotatable bonds is 1. The maximum Gasteiger partial charge on any atom is 0.0998 e. The molecular weight excluding hydrogens is 198 g/mol.